The van der Waals surface area contributed by atoms with Crippen LogP contribution in [0.4, 0.5) is 4.39 Å². The van der Waals surface area contributed by atoms with E-state index in [9.17, 15) is 14.3 Å². The van der Waals surface area contributed by atoms with Crippen molar-refractivity contribution in [2.45, 2.75) is 18.4 Å². The lowest BCUT2D eigenvalue weighted by atomic mass is 9.96. The average molecular weight is 315 g/mol. The molecule has 0 aromatic heterocycles. The second kappa shape index (κ2) is 6.38. The number of nitrogens with one attached hydrogen (secondary N) is 1. The molecular formula is C18H18FNO3. The number of rotatable bonds is 5. The van der Waals surface area contributed by atoms with Crippen LogP contribution in [0.3, 0.4) is 0 Å². The fourth-order valence-corrected chi connectivity index (χ4v) is 2.83. The summed E-state index contributed by atoms with van der Waals surface area (Å²) in [6, 6.07) is 13.2. The Labute approximate surface area is 133 Å². The largest absolute Gasteiger partial charge is 0.484 e. The van der Waals surface area contributed by atoms with E-state index in [1.807, 2.05) is 24.3 Å². The van der Waals surface area contributed by atoms with Gasteiger partial charge in [-0.2, -0.15) is 0 Å². The zero-order chi connectivity index (χ0) is 16.3. The van der Waals surface area contributed by atoms with Crippen LogP contribution in [0.1, 0.15) is 17.5 Å². The van der Waals surface area contributed by atoms with Gasteiger partial charge in [-0.15, -0.1) is 0 Å². The van der Waals surface area contributed by atoms with Crippen LogP contribution in [0.2, 0.25) is 0 Å². The number of benzene rings is 2. The molecule has 0 heterocycles. The Balaban J connectivity index is 1.52. The molecule has 5 heteroatoms. The molecule has 0 aliphatic heterocycles. The summed E-state index contributed by atoms with van der Waals surface area (Å²) in [4.78, 5) is 11.9. The Hall–Kier alpha value is -2.40. The summed E-state index contributed by atoms with van der Waals surface area (Å²) in [6.45, 7) is -0.0288. The van der Waals surface area contributed by atoms with Gasteiger partial charge in [-0.05, 0) is 48.2 Å². The van der Waals surface area contributed by atoms with Crippen LogP contribution >= 0.6 is 0 Å². The smallest absolute Gasteiger partial charge is 0.258 e. The topological polar surface area (TPSA) is 58.6 Å². The highest BCUT2D eigenvalue weighted by molar-refractivity contribution is 5.77. The molecule has 4 nitrogen and oxygen atoms in total. The van der Waals surface area contributed by atoms with Crippen molar-refractivity contribution in [2.24, 2.45) is 0 Å². The van der Waals surface area contributed by atoms with Gasteiger partial charge in [-0.25, -0.2) is 4.39 Å². The third-order valence-electron chi connectivity index (χ3n) is 4.09. The first-order chi connectivity index (χ1) is 11.1. The summed E-state index contributed by atoms with van der Waals surface area (Å²) < 4.78 is 18.1. The van der Waals surface area contributed by atoms with Gasteiger partial charge < -0.3 is 15.2 Å². The van der Waals surface area contributed by atoms with Crippen LogP contribution in [0, 0.1) is 5.82 Å². The third-order valence-corrected chi connectivity index (χ3v) is 4.09. The Kier molecular flexibility index (Phi) is 4.30. The first-order valence-electron chi connectivity index (χ1n) is 7.53. The van der Waals surface area contributed by atoms with E-state index < -0.39 is 5.60 Å². The maximum Gasteiger partial charge on any atom is 0.258 e. The molecule has 0 saturated heterocycles. The third kappa shape index (κ3) is 3.51. The molecule has 23 heavy (non-hydrogen) atoms. The summed E-state index contributed by atoms with van der Waals surface area (Å²) in [6.07, 6.45) is 1.39. The van der Waals surface area contributed by atoms with Crippen molar-refractivity contribution in [1.82, 2.24) is 5.32 Å². The van der Waals surface area contributed by atoms with E-state index in [2.05, 4.69) is 5.32 Å². The molecule has 0 spiro atoms. The molecule has 1 amide bonds. The second-order valence-electron chi connectivity index (χ2n) is 5.71. The summed E-state index contributed by atoms with van der Waals surface area (Å²) in [5.41, 5.74) is 0.967. The standard InChI is InChI=1S/C18H18FNO3/c19-14-5-7-15(8-6-14)23-11-17(21)20-12-18(22)10-9-13-3-1-2-4-16(13)18/h1-8,22H,9-12H2,(H,20,21). The lowest BCUT2D eigenvalue weighted by molar-refractivity contribution is -0.124. The van der Waals surface area contributed by atoms with E-state index in [4.69, 9.17) is 4.74 Å². The lowest BCUT2D eigenvalue weighted by Gasteiger charge is -2.24. The fourth-order valence-electron chi connectivity index (χ4n) is 2.83. The quantitative estimate of drug-likeness (QED) is 0.889. The van der Waals surface area contributed by atoms with E-state index in [1.165, 1.54) is 24.3 Å². The minimum absolute atomic E-state index is 0.148. The maximum atomic E-state index is 12.8. The van der Waals surface area contributed by atoms with Gasteiger partial charge in [0.05, 0.1) is 6.54 Å². The predicted octanol–water partition coefficient (Wildman–Crippen LogP) is 2.15. The molecule has 2 aromatic carbocycles. The molecule has 1 atom stereocenters. The molecule has 2 N–H and O–H groups in total. The summed E-state index contributed by atoms with van der Waals surface area (Å²) >= 11 is 0. The Morgan fingerprint density at radius 1 is 1.22 bits per heavy atom. The Bertz CT molecular complexity index is 702. The molecule has 120 valence electrons. The van der Waals surface area contributed by atoms with Crippen molar-refractivity contribution in [1.29, 1.82) is 0 Å². The highest BCUT2D eigenvalue weighted by Crippen LogP contribution is 2.36. The predicted molar refractivity (Wildman–Crippen MR) is 83.6 cm³/mol. The van der Waals surface area contributed by atoms with E-state index in [0.717, 1.165) is 17.5 Å². The first-order valence-corrected chi connectivity index (χ1v) is 7.53. The highest BCUT2D eigenvalue weighted by atomic mass is 19.1. The number of ether oxygens (including phenoxy) is 1. The van der Waals surface area contributed by atoms with E-state index >= 15 is 0 Å². The zero-order valence-corrected chi connectivity index (χ0v) is 12.6. The van der Waals surface area contributed by atoms with Crippen LogP contribution in [0.25, 0.3) is 0 Å². The molecule has 2 aromatic rings. The molecular weight excluding hydrogens is 297 g/mol. The lowest BCUT2D eigenvalue weighted by Crippen LogP contribution is -2.41. The second-order valence-corrected chi connectivity index (χ2v) is 5.71. The van der Waals surface area contributed by atoms with Crippen LogP contribution in [0.5, 0.6) is 5.75 Å². The van der Waals surface area contributed by atoms with Crippen molar-refractivity contribution in [2.75, 3.05) is 13.2 Å². The molecule has 1 unspecified atom stereocenters. The maximum absolute atomic E-state index is 12.8. The fraction of sp³-hybridized carbons (Fsp3) is 0.278. The van der Waals surface area contributed by atoms with E-state index in [1.54, 1.807) is 0 Å². The van der Waals surface area contributed by atoms with Crippen LogP contribution in [-0.2, 0) is 16.8 Å². The van der Waals surface area contributed by atoms with E-state index in [0.29, 0.717) is 12.2 Å². The molecule has 0 radical (unpaired) electrons. The SMILES string of the molecule is O=C(COc1ccc(F)cc1)NCC1(O)CCc2ccccc21. The van der Waals surface area contributed by atoms with Crippen LogP contribution in [-0.4, -0.2) is 24.2 Å². The van der Waals surface area contributed by atoms with Gasteiger partial charge >= 0.3 is 0 Å². The summed E-state index contributed by atoms with van der Waals surface area (Å²) in [7, 11) is 0. The van der Waals surface area contributed by atoms with Gasteiger partial charge in [0.15, 0.2) is 6.61 Å². The van der Waals surface area contributed by atoms with Crippen LogP contribution in [0.15, 0.2) is 48.5 Å². The number of halogens is 1. The molecule has 3 rings (SSSR count). The van der Waals surface area contributed by atoms with Crippen molar-refractivity contribution in [3.8, 4) is 5.75 Å². The number of hydrogen-bond acceptors (Lipinski definition) is 3. The van der Waals surface area contributed by atoms with Crippen molar-refractivity contribution >= 4 is 5.91 Å². The minimum atomic E-state index is -1.03. The van der Waals surface area contributed by atoms with Crippen molar-refractivity contribution in [3.05, 3.63) is 65.5 Å². The number of carbonyl (C=O) groups excluding carboxylic acids is 1. The van der Waals surface area contributed by atoms with Gasteiger partial charge in [0.1, 0.15) is 17.2 Å². The number of aryl methyl sites for hydroxylation is 1. The monoisotopic (exact) mass is 315 g/mol. The highest BCUT2D eigenvalue weighted by Gasteiger charge is 2.36. The minimum Gasteiger partial charge on any atom is -0.484 e. The molecule has 0 fully saturated rings. The van der Waals surface area contributed by atoms with Crippen molar-refractivity contribution in [3.63, 3.8) is 0 Å². The van der Waals surface area contributed by atoms with Gasteiger partial charge in [-0.1, -0.05) is 24.3 Å². The number of fused-ring (bicyclic) bond motifs is 1. The average Bonchev–Trinajstić information content (AvgIpc) is 2.91. The Morgan fingerprint density at radius 2 is 1.96 bits per heavy atom. The molecule has 0 saturated carbocycles. The van der Waals surface area contributed by atoms with Gasteiger partial charge in [0.2, 0.25) is 0 Å². The summed E-state index contributed by atoms with van der Waals surface area (Å²) in [5.74, 6) is -0.262. The normalized spacial score (nSPS) is 19.2. The zero-order valence-electron chi connectivity index (χ0n) is 12.6. The number of carbonyl (C=O) groups is 1. The van der Waals surface area contributed by atoms with Gasteiger partial charge in [-0.3, -0.25) is 4.79 Å². The summed E-state index contributed by atoms with van der Waals surface area (Å²) in [5, 5.41) is 13.4. The number of aliphatic hydroxyl groups is 1. The molecule has 1 aliphatic rings. The van der Waals surface area contributed by atoms with Crippen LogP contribution < -0.4 is 10.1 Å². The molecule has 1 aliphatic carbocycles. The Morgan fingerprint density at radius 3 is 2.74 bits per heavy atom. The van der Waals surface area contributed by atoms with Gasteiger partial charge in [0, 0.05) is 0 Å². The van der Waals surface area contributed by atoms with Crippen molar-refractivity contribution < 1.29 is 19.0 Å². The van der Waals surface area contributed by atoms with E-state index in [-0.39, 0.29) is 24.9 Å². The van der Waals surface area contributed by atoms with Gasteiger partial charge in [0.25, 0.3) is 5.91 Å². The first kappa shape index (κ1) is 15.5. The number of amides is 1. The number of hydrogen-bond donors (Lipinski definition) is 2. The molecule has 0 bridgehead atoms.